The van der Waals surface area contributed by atoms with Crippen LogP contribution in [0, 0.1) is 6.92 Å². The van der Waals surface area contributed by atoms with Gasteiger partial charge in [-0.15, -0.1) is 21.5 Å². The number of hydrogen-bond donors (Lipinski definition) is 0. The Morgan fingerprint density at radius 1 is 1.22 bits per heavy atom. The Bertz CT molecular complexity index is 791. The molecule has 4 nitrogen and oxygen atoms in total. The molecule has 120 valence electrons. The van der Waals surface area contributed by atoms with Gasteiger partial charge < -0.3 is 4.57 Å². The first kappa shape index (κ1) is 16.2. The minimum Gasteiger partial charge on any atom is -0.306 e. The summed E-state index contributed by atoms with van der Waals surface area (Å²) >= 11 is 3.40. The summed E-state index contributed by atoms with van der Waals surface area (Å²) < 4.78 is 2.18. The second kappa shape index (κ2) is 7.27. The SMILES string of the molecule is CCc1nnc(SCc2csc(-c3cccc(C)c3)n2)n1CC. The summed E-state index contributed by atoms with van der Waals surface area (Å²) in [5, 5.41) is 12.8. The lowest BCUT2D eigenvalue weighted by Gasteiger charge is -2.04. The topological polar surface area (TPSA) is 43.6 Å². The van der Waals surface area contributed by atoms with E-state index in [1.807, 2.05) is 0 Å². The van der Waals surface area contributed by atoms with E-state index in [-0.39, 0.29) is 0 Å². The highest BCUT2D eigenvalue weighted by molar-refractivity contribution is 7.98. The van der Waals surface area contributed by atoms with Crippen molar-refractivity contribution in [2.45, 2.75) is 44.6 Å². The second-order valence-corrected chi connectivity index (χ2v) is 7.10. The maximum Gasteiger partial charge on any atom is 0.191 e. The third kappa shape index (κ3) is 3.64. The first-order valence-corrected chi connectivity index (χ1v) is 9.64. The lowest BCUT2D eigenvalue weighted by atomic mass is 10.1. The molecule has 23 heavy (non-hydrogen) atoms. The summed E-state index contributed by atoms with van der Waals surface area (Å²) in [5.74, 6) is 1.87. The van der Waals surface area contributed by atoms with E-state index in [9.17, 15) is 0 Å². The summed E-state index contributed by atoms with van der Waals surface area (Å²) in [6.45, 7) is 7.26. The summed E-state index contributed by atoms with van der Waals surface area (Å²) in [6, 6.07) is 8.48. The third-order valence-corrected chi connectivity index (χ3v) is 5.53. The molecule has 0 aliphatic heterocycles. The molecule has 2 heterocycles. The Balaban J connectivity index is 1.71. The number of nitrogens with zero attached hydrogens (tertiary/aromatic N) is 4. The molecule has 0 saturated carbocycles. The van der Waals surface area contributed by atoms with Crippen molar-refractivity contribution >= 4 is 23.1 Å². The lowest BCUT2D eigenvalue weighted by Crippen LogP contribution is -2.02. The normalized spacial score (nSPS) is 11.1. The standard InChI is InChI=1S/C17H20N4S2/c1-4-15-19-20-17(21(15)5-2)23-11-14-10-22-16(18-14)13-8-6-7-12(3)9-13/h6-10H,4-5,11H2,1-3H3. The van der Waals surface area contributed by atoms with Gasteiger partial charge in [0, 0.05) is 29.7 Å². The molecule has 0 unspecified atom stereocenters. The fourth-order valence-corrected chi connectivity index (χ4v) is 4.26. The summed E-state index contributed by atoms with van der Waals surface area (Å²) in [7, 11) is 0. The van der Waals surface area contributed by atoms with Crippen molar-refractivity contribution in [2.24, 2.45) is 0 Å². The third-order valence-electron chi connectivity index (χ3n) is 3.59. The number of benzene rings is 1. The van der Waals surface area contributed by atoms with Gasteiger partial charge in [-0.1, -0.05) is 42.4 Å². The lowest BCUT2D eigenvalue weighted by molar-refractivity contribution is 0.647. The van der Waals surface area contributed by atoms with Crippen LogP contribution in [0.15, 0.2) is 34.8 Å². The molecule has 0 bridgehead atoms. The predicted molar refractivity (Wildman–Crippen MR) is 96.9 cm³/mol. The molecular formula is C17H20N4S2. The molecule has 0 fully saturated rings. The van der Waals surface area contributed by atoms with Crippen LogP contribution in [0.2, 0.25) is 0 Å². The number of thioether (sulfide) groups is 1. The van der Waals surface area contributed by atoms with Gasteiger partial charge in [-0.3, -0.25) is 0 Å². The molecule has 0 saturated heterocycles. The summed E-state index contributed by atoms with van der Waals surface area (Å²) in [5.41, 5.74) is 3.55. The molecule has 3 aromatic rings. The van der Waals surface area contributed by atoms with Crippen molar-refractivity contribution in [3.63, 3.8) is 0 Å². The molecule has 2 aromatic heterocycles. The van der Waals surface area contributed by atoms with Crippen LogP contribution in [0.1, 0.15) is 30.9 Å². The summed E-state index contributed by atoms with van der Waals surface area (Å²) in [6.07, 6.45) is 0.912. The Morgan fingerprint density at radius 2 is 2.09 bits per heavy atom. The largest absolute Gasteiger partial charge is 0.306 e. The highest BCUT2D eigenvalue weighted by atomic mass is 32.2. The van der Waals surface area contributed by atoms with E-state index in [1.165, 1.54) is 11.1 Å². The van der Waals surface area contributed by atoms with Gasteiger partial charge in [-0.05, 0) is 19.9 Å². The van der Waals surface area contributed by atoms with Gasteiger partial charge in [0.1, 0.15) is 10.8 Å². The minimum absolute atomic E-state index is 0.824. The monoisotopic (exact) mass is 344 g/mol. The fourth-order valence-electron chi connectivity index (χ4n) is 2.43. The van der Waals surface area contributed by atoms with Gasteiger partial charge in [0.05, 0.1) is 5.69 Å². The Hall–Kier alpha value is -1.66. The number of thiazole rings is 1. The Kier molecular flexibility index (Phi) is 5.13. The quantitative estimate of drug-likeness (QED) is 0.614. The molecule has 0 amide bonds. The molecule has 0 spiro atoms. The maximum atomic E-state index is 4.76. The second-order valence-electron chi connectivity index (χ2n) is 5.30. The Labute approximate surface area is 145 Å². The van der Waals surface area contributed by atoms with E-state index in [2.05, 4.69) is 65.2 Å². The van der Waals surface area contributed by atoms with E-state index >= 15 is 0 Å². The minimum atomic E-state index is 0.824. The molecule has 0 radical (unpaired) electrons. The van der Waals surface area contributed by atoms with Crippen molar-refractivity contribution in [2.75, 3.05) is 0 Å². The van der Waals surface area contributed by atoms with Crippen LogP contribution < -0.4 is 0 Å². The number of hydrogen-bond acceptors (Lipinski definition) is 5. The number of aromatic nitrogens is 4. The van der Waals surface area contributed by atoms with Crippen LogP contribution in [0.25, 0.3) is 10.6 Å². The van der Waals surface area contributed by atoms with Crippen LogP contribution in [0.5, 0.6) is 0 Å². The van der Waals surface area contributed by atoms with Crippen LogP contribution in [0.3, 0.4) is 0 Å². The van der Waals surface area contributed by atoms with Gasteiger partial charge in [0.2, 0.25) is 0 Å². The van der Waals surface area contributed by atoms with Crippen molar-refractivity contribution < 1.29 is 0 Å². The molecule has 0 aliphatic rings. The Morgan fingerprint density at radius 3 is 2.83 bits per heavy atom. The van der Waals surface area contributed by atoms with E-state index in [4.69, 9.17) is 4.98 Å². The van der Waals surface area contributed by atoms with Crippen molar-refractivity contribution in [1.29, 1.82) is 0 Å². The van der Waals surface area contributed by atoms with Crippen molar-refractivity contribution in [3.8, 4) is 10.6 Å². The molecule has 3 rings (SSSR count). The zero-order valence-electron chi connectivity index (χ0n) is 13.6. The van der Waals surface area contributed by atoms with Gasteiger partial charge in [-0.25, -0.2) is 4.98 Å². The molecular weight excluding hydrogens is 324 g/mol. The highest BCUT2D eigenvalue weighted by Gasteiger charge is 2.11. The van der Waals surface area contributed by atoms with E-state index in [1.54, 1.807) is 23.1 Å². The average molecular weight is 345 g/mol. The smallest absolute Gasteiger partial charge is 0.191 e. The summed E-state index contributed by atoms with van der Waals surface area (Å²) in [4.78, 5) is 4.76. The first-order chi connectivity index (χ1) is 11.2. The fraction of sp³-hybridized carbons (Fsp3) is 0.353. The highest BCUT2D eigenvalue weighted by Crippen LogP contribution is 2.28. The zero-order chi connectivity index (χ0) is 16.2. The average Bonchev–Trinajstić information content (AvgIpc) is 3.19. The number of rotatable bonds is 6. The van der Waals surface area contributed by atoms with Gasteiger partial charge in [-0.2, -0.15) is 0 Å². The zero-order valence-corrected chi connectivity index (χ0v) is 15.2. The van der Waals surface area contributed by atoms with E-state index < -0.39 is 0 Å². The van der Waals surface area contributed by atoms with Gasteiger partial charge >= 0.3 is 0 Å². The maximum absolute atomic E-state index is 4.76. The molecule has 0 aliphatic carbocycles. The van der Waals surface area contributed by atoms with E-state index in [0.717, 1.165) is 40.4 Å². The first-order valence-electron chi connectivity index (χ1n) is 7.77. The number of aryl methyl sites for hydroxylation is 2. The molecule has 0 N–H and O–H groups in total. The molecule has 1 aromatic carbocycles. The van der Waals surface area contributed by atoms with Gasteiger partial charge in [0.15, 0.2) is 5.16 Å². The molecule has 6 heteroatoms. The van der Waals surface area contributed by atoms with Crippen LogP contribution in [-0.2, 0) is 18.7 Å². The van der Waals surface area contributed by atoms with Crippen molar-refractivity contribution in [3.05, 3.63) is 46.7 Å². The van der Waals surface area contributed by atoms with Gasteiger partial charge in [0.25, 0.3) is 0 Å². The van der Waals surface area contributed by atoms with Crippen LogP contribution in [0.4, 0.5) is 0 Å². The van der Waals surface area contributed by atoms with Crippen LogP contribution in [-0.4, -0.2) is 19.7 Å². The van der Waals surface area contributed by atoms with Crippen molar-refractivity contribution in [1.82, 2.24) is 19.7 Å². The van der Waals surface area contributed by atoms with Crippen LogP contribution >= 0.6 is 23.1 Å². The predicted octanol–water partition coefficient (Wildman–Crippen LogP) is 4.58. The van der Waals surface area contributed by atoms with E-state index in [0.29, 0.717) is 0 Å². The molecule has 0 atom stereocenters.